The van der Waals surface area contributed by atoms with Gasteiger partial charge in [-0.2, -0.15) is 0 Å². The minimum absolute atomic E-state index is 0.205. The van der Waals surface area contributed by atoms with Crippen LogP contribution in [-0.2, 0) is 6.42 Å². The average molecular weight is 569 g/mol. The van der Waals surface area contributed by atoms with Gasteiger partial charge in [-0.15, -0.1) is 18.3 Å². The van der Waals surface area contributed by atoms with Crippen LogP contribution < -0.4 is 20.7 Å². The number of halogens is 3. The normalized spacial score (nSPS) is 11.2. The third-order valence-electron chi connectivity index (χ3n) is 5.77. The van der Waals surface area contributed by atoms with Gasteiger partial charge >= 0.3 is 12.4 Å². The minimum Gasteiger partial charge on any atom is -0.406 e. The molecule has 4 rings (SSSR count). The molecule has 4 aromatic rings. The van der Waals surface area contributed by atoms with Crippen LogP contribution >= 0.6 is 12.2 Å². The summed E-state index contributed by atoms with van der Waals surface area (Å²) < 4.78 is 42.5. The molecule has 0 aliphatic rings. The molecule has 0 atom stereocenters. The van der Waals surface area contributed by atoms with Crippen LogP contribution in [-0.4, -0.2) is 38.8 Å². The number of ether oxygens (including phenoxy) is 1. The van der Waals surface area contributed by atoms with E-state index in [1.165, 1.54) is 35.3 Å². The Morgan fingerprint density at radius 1 is 1.05 bits per heavy atom. The van der Waals surface area contributed by atoms with Crippen LogP contribution in [0, 0.1) is 0 Å². The van der Waals surface area contributed by atoms with Crippen LogP contribution in [0.25, 0.3) is 17.1 Å². The lowest BCUT2D eigenvalue weighted by Gasteiger charge is -2.15. The summed E-state index contributed by atoms with van der Waals surface area (Å²) in [5, 5.41) is 13.1. The summed E-state index contributed by atoms with van der Waals surface area (Å²) in [6.45, 7) is 4.53. The highest BCUT2D eigenvalue weighted by Crippen LogP contribution is 2.25. The standard InChI is InChI=1S/C28H27F3N6O2S/c1-18(2)23-8-3-4-9-24(23)34-27(40)35-26(38)32-15-14-19-6-5-7-20(16-19)25-33-17-37(36-25)21-10-12-22(13-11-21)39-28(29,30)31/h3-13,16-18H,14-15H2,1-2H3,(H3,32,34,35,38,40). The Labute approximate surface area is 234 Å². The number of hydrogen-bond acceptors (Lipinski definition) is 5. The Bertz CT molecular complexity index is 1470. The van der Waals surface area contributed by atoms with E-state index in [0.717, 1.165) is 22.4 Å². The fourth-order valence-electron chi connectivity index (χ4n) is 3.92. The topological polar surface area (TPSA) is 93.1 Å². The molecule has 0 saturated heterocycles. The van der Waals surface area contributed by atoms with Crippen LogP contribution in [0.4, 0.5) is 23.7 Å². The average Bonchev–Trinajstić information content (AvgIpc) is 3.39. The van der Waals surface area contributed by atoms with Crippen LogP contribution in [0.1, 0.15) is 30.9 Å². The Hall–Kier alpha value is -4.45. The maximum absolute atomic E-state index is 12.4. The van der Waals surface area contributed by atoms with E-state index in [-0.39, 0.29) is 10.9 Å². The van der Waals surface area contributed by atoms with Gasteiger partial charge in [-0.1, -0.05) is 50.2 Å². The van der Waals surface area contributed by atoms with E-state index >= 15 is 0 Å². The summed E-state index contributed by atoms with van der Waals surface area (Å²) >= 11 is 5.29. The van der Waals surface area contributed by atoms with E-state index in [1.807, 2.05) is 48.5 Å². The van der Waals surface area contributed by atoms with Crippen molar-refractivity contribution in [2.45, 2.75) is 32.5 Å². The molecule has 1 heterocycles. The van der Waals surface area contributed by atoms with Crippen LogP contribution in [0.3, 0.4) is 0 Å². The summed E-state index contributed by atoms with van der Waals surface area (Å²) in [5.41, 5.74) is 4.18. The quantitative estimate of drug-likeness (QED) is 0.219. The molecule has 0 saturated carbocycles. The number of benzene rings is 3. The van der Waals surface area contributed by atoms with Crippen LogP contribution in [0.15, 0.2) is 79.1 Å². The van der Waals surface area contributed by atoms with Crippen molar-refractivity contribution in [1.29, 1.82) is 0 Å². The van der Waals surface area contributed by atoms with Crippen molar-refractivity contribution in [3.05, 3.63) is 90.3 Å². The molecule has 0 spiro atoms. The van der Waals surface area contributed by atoms with Crippen molar-refractivity contribution >= 4 is 29.0 Å². The van der Waals surface area contributed by atoms with Crippen molar-refractivity contribution in [3.63, 3.8) is 0 Å². The second-order valence-electron chi connectivity index (χ2n) is 9.08. The van der Waals surface area contributed by atoms with Crippen LogP contribution in [0.5, 0.6) is 5.75 Å². The summed E-state index contributed by atoms with van der Waals surface area (Å²) in [4.78, 5) is 16.6. The first-order valence-electron chi connectivity index (χ1n) is 12.4. The number of hydrogen-bond donors (Lipinski definition) is 3. The largest absolute Gasteiger partial charge is 0.573 e. The zero-order valence-electron chi connectivity index (χ0n) is 21.7. The maximum atomic E-state index is 12.4. The second kappa shape index (κ2) is 12.6. The van der Waals surface area contributed by atoms with Gasteiger partial charge in [0.25, 0.3) is 0 Å². The number of thiocarbonyl (C=S) groups is 1. The molecule has 40 heavy (non-hydrogen) atoms. The number of anilines is 1. The number of nitrogens with one attached hydrogen (secondary N) is 3. The number of alkyl halides is 3. The molecule has 0 unspecified atom stereocenters. The SMILES string of the molecule is CC(C)c1ccccc1NC(=S)NC(=O)NCCc1cccc(-c2ncn(-c3ccc(OC(F)(F)F)cc3)n2)c1. The Morgan fingerprint density at radius 3 is 2.52 bits per heavy atom. The van der Waals surface area contributed by atoms with E-state index in [1.54, 1.807) is 0 Å². The van der Waals surface area contributed by atoms with Crippen molar-refractivity contribution in [2.75, 3.05) is 11.9 Å². The van der Waals surface area contributed by atoms with Gasteiger partial charge in [0.1, 0.15) is 12.1 Å². The van der Waals surface area contributed by atoms with Crippen molar-refractivity contribution in [1.82, 2.24) is 25.4 Å². The lowest BCUT2D eigenvalue weighted by atomic mass is 10.0. The highest BCUT2D eigenvalue weighted by atomic mass is 32.1. The number of para-hydroxylation sites is 1. The van der Waals surface area contributed by atoms with Gasteiger partial charge < -0.3 is 15.4 Å². The lowest BCUT2D eigenvalue weighted by Crippen LogP contribution is -2.42. The first-order chi connectivity index (χ1) is 19.1. The number of carbonyl (C=O) groups is 1. The Morgan fingerprint density at radius 2 is 1.80 bits per heavy atom. The molecule has 0 aliphatic carbocycles. The predicted octanol–water partition coefficient (Wildman–Crippen LogP) is 6.20. The van der Waals surface area contributed by atoms with Gasteiger partial charge in [0.2, 0.25) is 0 Å². The molecule has 3 aromatic carbocycles. The zero-order valence-corrected chi connectivity index (χ0v) is 22.5. The number of carbonyl (C=O) groups excluding carboxylic acids is 1. The van der Waals surface area contributed by atoms with E-state index in [4.69, 9.17) is 12.2 Å². The molecule has 0 radical (unpaired) electrons. The third-order valence-corrected chi connectivity index (χ3v) is 5.97. The number of urea groups is 1. The second-order valence-corrected chi connectivity index (χ2v) is 9.49. The molecule has 3 N–H and O–H groups in total. The number of amides is 2. The summed E-state index contributed by atoms with van der Waals surface area (Å²) in [6.07, 6.45) is -2.72. The smallest absolute Gasteiger partial charge is 0.406 e. The van der Waals surface area contributed by atoms with Gasteiger partial charge in [-0.05, 0) is 72.1 Å². The summed E-state index contributed by atoms with van der Waals surface area (Å²) in [6, 6.07) is 20.2. The molecule has 0 aliphatic heterocycles. The van der Waals surface area contributed by atoms with Crippen molar-refractivity contribution in [3.8, 4) is 22.8 Å². The number of aromatic nitrogens is 3. The van der Waals surface area contributed by atoms with Gasteiger partial charge in [0.05, 0.1) is 5.69 Å². The summed E-state index contributed by atoms with van der Waals surface area (Å²) in [7, 11) is 0. The highest BCUT2D eigenvalue weighted by molar-refractivity contribution is 7.80. The van der Waals surface area contributed by atoms with Gasteiger partial charge in [0, 0.05) is 17.8 Å². The summed E-state index contributed by atoms with van der Waals surface area (Å²) in [5.74, 6) is 0.427. The van der Waals surface area contributed by atoms with Crippen molar-refractivity contribution < 1.29 is 22.7 Å². The maximum Gasteiger partial charge on any atom is 0.573 e. The monoisotopic (exact) mass is 568 g/mol. The Balaban J connectivity index is 1.29. The molecule has 12 heteroatoms. The minimum atomic E-state index is -4.75. The highest BCUT2D eigenvalue weighted by Gasteiger charge is 2.31. The molecular weight excluding hydrogens is 541 g/mol. The van der Waals surface area contributed by atoms with Gasteiger partial charge in [-0.3, -0.25) is 5.32 Å². The first-order valence-corrected chi connectivity index (χ1v) is 12.8. The van der Waals surface area contributed by atoms with Crippen molar-refractivity contribution in [2.24, 2.45) is 0 Å². The van der Waals surface area contributed by atoms with Gasteiger partial charge in [-0.25, -0.2) is 14.5 Å². The number of rotatable bonds is 8. The molecule has 0 fully saturated rings. The molecule has 1 aromatic heterocycles. The third kappa shape index (κ3) is 8.03. The fourth-order valence-corrected chi connectivity index (χ4v) is 4.12. The first kappa shape index (κ1) is 28.6. The molecule has 0 bridgehead atoms. The molecule has 208 valence electrons. The Kier molecular flexibility index (Phi) is 9.00. The van der Waals surface area contributed by atoms with E-state index < -0.39 is 12.4 Å². The predicted molar refractivity (Wildman–Crippen MR) is 150 cm³/mol. The zero-order chi connectivity index (χ0) is 28.7. The van der Waals surface area contributed by atoms with E-state index in [2.05, 4.69) is 44.6 Å². The van der Waals surface area contributed by atoms with E-state index in [9.17, 15) is 18.0 Å². The number of nitrogens with zero attached hydrogens (tertiary/aromatic N) is 3. The van der Waals surface area contributed by atoms with Crippen LogP contribution in [0.2, 0.25) is 0 Å². The molecular formula is C28H27F3N6O2S. The fraction of sp³-hybridized carbons (Fsp3) is 0.214. The molecule has 8 nitrogen and oxygen atoms in total. The lowest BCUT2D eigenvalue weighted by molar-refractivity contribution is -0.274. The van der Waals surface area contributed by atoms with E-state index in [0.29, 0.717) is 30.4 Å². The van der Waals surface area contributed by atoms with Gasteiger partial charge in [0.15, 0.2) is 10.9 Å². The molecule has 2 amide bonds.